The third-order valence-electron chi connectivity index (χ3n) is 14.6. The van der Waals surface area contributed by atoms with Crippen molar-refractivity contribution in [2.75, 3.05) is 19.8 Å². The summed E-state index contributed by atoms with van der Waals surface area (Å²) in [5, 5.41) is 86.9. The van der Waals surface area contributed by atoms with E-state index in [-0.39, 0.29) is 18.9 Å². The molecule has 2 aliphatic heterocycles. The highest BCUT2D eigenvalue weighted by Crippen LogP contribution is 2.30. The van der Waals surface area contributed by atoms with Crippen molar-refractivity contribution in [1.29, 1.82) is 0 Å². The molecule has 9 N–H and O–H groups in total. The third-order valence-corrected chi connectivity index (χ3v) is 14.6. The average molecular weight is 1040 g/mol. The van der Waals surface area contributed by atoms with Crippen molar-refractivity contribution < 1.29 is 64.6 Å². The Kier molecular flexibility index (Phi) is 41.7. The first-order valence-corrected chi connectivity index (χ1v) is 29.7. The molecule has 2 fully saturated rings. The lowest BCUT2D eigenvalue weighted by molar-refractivity contribution is -0.359. The second-order valence-electron chi connectivity index (χ2n) is 21.1. The summed E-state index contributed by atoms with van der Waals surface area (Å²) in [4.78, 5) is 13.2. The lowest BCUT2D eigenvalue weighted by Crippen LogP contribution is -2.65. The molecule has 0 aromatic heterocycles. The minimum atomic E-state index is -1.79. The number of rotatable bonds is 47. The Morgan fingerprint density at radius 2 is 0.877 bits per heavy atom. The van der Waals surface area contributed by atoms with E-state index in [9.17, 15) is 45.6 Å². The molecule has 0 bridgehead atoms. The Morgan fingerprint density at radius 1 is 0.479 bits per heavy atom. The molecule has 0 saturated carbocycles. The molecule has 2 aliphatic rings. The smallest absolute Gasteiger partial charge is 0.220 e. The van der Waals surface area contributed by atoms with Crippen LogP contribution in [0.3, 0.4) is 0 Å². The summed E-state index contributed by atoms with van der Waals surface area (Å²) >= 11 is 0. The van der Waals surface area contributed by atoms with Crippen LogP contribution in [0.5, 0.6) is 0 Å². The predicted molar refractivity (Wildman–Crippen MR) is 291 cm³/mol. The van der Waals surface area contributed by atoms with Crippen molar-refractivity contribution in [2.45, 2.75) is 312 Å². The summed E-state index contributed by atoms with van der Waals surface area (Å²) in [7, 11) is 0. The molecule has 0 aromatic carbocycles. The molecule has 12 unspecified atom stereocenters. The summed E-state index contributed by atoms with van der Waals surface area (Å²) in [6, 6.07) is -0.934. The van der Waals surface area contributed by atoms with Crippen LogP contribution in [0.25, 0.3) is 0 Å². The number of carbonyl (C=O) groups is 1. The summed E-state index contributed by atoms with van der Waals surface area (Å²) in [6.07, 6.45) is 37.7. The van der Waals surface area contributed by atoms with Crippen LogP contribution in [0.4, 0.5) is 0 Å². The number of unbranched alkanes of at least 4 members (excludes halogenated alkanes) is 30. The van der Waals surface area contributed by atoms with Gasteiger partial charge in [0.15, 0.2) is 12.6 Å². The van der Waals surface area contributed by atoms with E-state index in [1.807, 2.05) is 6.08 Å². The molecule has 2 heterocycles. The predicted octanol–water partition coefficient (Wildman–Crippen LogP) is 9.83. The Balaban J connectivity index is 1.77. The molecule has 0 aliphatic carbocycles. The van der Waals surface area contributed by atoms with E-state index in [2.05, 4.69) is 43.5 Å². The van der Waals surface area contributed by atoms with E-state index in [4.69, 9.17) is 18.9 Å². The van der Waals surface area contributed by atoms with Crippen LogP contribution < -0.4 is 5.32 Å². The van der Waals surface area contributed by atoms with Crippen LogP contribution in [-0.4, -0.2) is 140 Å². The van der Waals surface area contributed by atoms with E-state index in [0.29, 0.717) is 12.8 Å². The molecule has 0 spiro atoms. The SMILES string of the molecule is CCCCCCCCCCCCCCCCCC/C=C/CC/C=C/CC/C=C/C(O)C(COC1OC(CO)C(OC2OC(CO)C(O)C(O)C2O)C(O)C1O)NC(=O)CCCCCCCCCCCCCCC. The zero-order valence-electron chi connectivity index (χ0n) is 45.9. The van der Waals surface area contributed by atoms with Gasteiger partial charge in [0.1, 0.15) is 48.8 Å². The van der Waals surface area contributed by atoms with Gasteiger partial charge in [-0.2, -0.15) is 0 Å². The van der Waals surface area contributed by atoms with Gasteiger partial charge in [-0.25, -0.2) is 0 Å². The first kappa shape index (κ1) is 67.3. The highest BCUT2D eigenvalue weighted by molar-refractivity contribution is 5.76. The molecule has 0 aromatic rings. The number of carbonyl (C=O) groups excluding carboxylic acids is 1. The second-order valence-corrected chi connectivity index (χ2v) is 21.1. The average Bonchev–Trinajstić information content (AvgIpc) is 3.39. The van der Waals surface area contributed by atoms with Gasteiger partial charge in [-0.05, 0) is 44.9 Å². The fourth-order valence-electron chi connectivity index (χ4n) is 9.74. The van der Waals surface area contributed by atoms with Crippen molar-refractivity contribution in [3.8, 4) is 0 Å². The van der Waals surface area contributed by atoms with E-state index >= 15 is 0 Å². The maximum atomic E-state index is 13.2. The van der Waals surface area contributed by atoms with Crippen LogP contribution in [0.2, 0.25) is 0 Å². The Bertz CT molecular complexity index is 1370. The zero-order valence-corrected chi connectivity index (χ0v) is 45.9. The summed E-state index contributed by atoms with van der Waals surface area (Å²) in [5.74, 6) is -0.252. The summed E-state index contributed by atoms with van der Waals surface area (Å²) in [6.45, 7) is 2.78. The second kappa shape index (κ2) is 45.3. The van der Waals surface area contributed by atoms with E-state index < -0.39 is 86.8 Å². The van der Waals surface area contributed by atoms with Crippen LogP contribution in [0.15, 0.2) is 36.5 Å². The third kappa shape index (κ3) is 31.3. The van der Waals surface area contributed by atoms with E-state index in [0.717, 1.165) is 44.9 Å². The molecular formula is C59H109NO13. The van der Waals surface area contributed by atoms with Gasteiger partial charge in [0.25, 0.3) is 0 Å². The summed E-state index contributed by atoms with van der Waals surface area (Å²) in [5.41, 5.74) is 0. The number of allylic oxidation sites excluding steroid dienone is 5. The maximum absolute atomic E-state index is 13.2. The van der Waals surface area contributed by atoms with Crippen LogP contribution in [-0.2, 0) is 23.7 Å². The largest absolute Gasteiger partial charge is 0.394 e. The molecule has 14 nitrogen and oxygen atoms in total. The number of aliphatic hydroxyl groups is 8. The normalized spacial score (nSPS) is 25.6. The Morgan fingerprint density at radius 3 is 1.34 bits per heavy atom. The van der Waals surface area contributed by atoms with Crippen LogP contribution in [0.1, 0.15) is 239 Å². The first-order chi connectivity index (χ1) is 35.6. The molecule has 1 amide bonds. The van der Waals surface area contributed by atoms with Gasteiger partial charge in [0, 0.05) is 6.42 Å². The topological polar surface area (TPSA) is 228 Å². The Hall–Kier alpha value is -1.79. The minimum absolute atomic E-state index is 0.252. The van der Waals surface area contributed by atoms with Gasteiger partial charge in [0.2, 0.25) is 5.91 Å². The monoisotopic (exact) mass is 1040 g/mol. The number of ether oxygens (including phenoxy) is 4. The quantitative estimate of drug-likeness (QED) is 0.0205. The molecule has 428 valence electrons. The van der Waals surface area contributed by atoms with Gasteiger partial charge in [-0.3, -0.25) is 4.79 Å². The van der Waals surface area contributed by atoms with Gasteiger partial charge in [0.05, 0.1) is 32.0 Å². The fourth-order valence-corrected chi connectivity index (χ4v) is 9.74. The molecule has 0 radical (unpaired) electrons. The van der Waals surface area contributed by atoms with Crippen molar-refractivity contribution >= 4 is 5.91 Å². The van der Waals surface area contributed by atoms with Crippen molar-refractivity contribution in [2.24, 2.45) is 0 Å². The van der Waals surface area contributed by atoms with Crippen molar-refractivity contribution in [1.82, 2.24) is 5.32 Å². The minimum Gasteiger partial charge on any atom is -0.394 e. The van der Waals surface area contributed by atoms with E-state index in [1.54, 1.807) is 6.08 Å². The molecule has 12 atom stereocenters. The van der Waals surface area contributed by atoms with Gasteiger partial charge in [-0.15, -0.1) is 0 Å². The lowest BCUT2D eigenvalue weighted by atomic mass is 9.97. The molecule has 2 rings (SSSR count). The number of amides is 1. The lowest BCUT2D eigenvalue weighted by Gasteiger charge is -2.46. The first-order valence-electron chi connectivity index (χ1n) is 29.7. The van der Waals surface area contributed by atoms with Gasteiger partial charge < -0.3 is 65.1 Å². The highest BCUT2D eigenvalue weighted by atomic mass is 16.7. The summed E-state index contributed by atoms with van der Waals surface area (Å²) < 4.78 is 22.7. The maximum Gasteiger partial charge on any atom is 0.220 e. The fraction of sp³-hybridized carbons (Fsp3) is 0.881. The van der Waals surface area contributed by atoms with Crippen LogP contribution in [0, 0.1) is 0 Å². The highest BCUT2D eigenvalue weighted by Gasteiger charge is 2.51. The number of hydrogen-bond acceptors (Lipinski definition) is 13. The molecular weight excluding hydrogens is 931 g/mol. The van der Waals surface area contributed by atoms with Crippen LogP contribution >= 0.6 is 0 Å². The molecule has 2 saturated heterocycles. The number of aliphatic hydroxyl groups excluding tert-OH is 8. The molecule has 14 heteroatoms. The van der Waals surface area contributed by atoms with Gasteiger partial charge >= 0.3 is 0 Å². The standard InChI is InChI=1S/C59H109NO13/c1-3-5-7-9-11-13-15-17-18-19-20-21-22-23-24-25-26-27-28-29-31-32-34-36-38-40-42-48(63)47(60-51(64)43-41-39-37-35-33-30-16-14-12-10-8-6-4-2)46-70-58-56(69)54(67)57(50(45-62)72-58)73-59-55(68)53(66)52(65)49(44-61)71-59/h27-28,32,34,40,42,47-50,52-59,61-63,65-69H,3-26,29-31,33,35-39,41,43-46H2,1-2H3,(H,60,64)/b28-27+,34-32+,42-40+. The number of nitrogens with one attached hydrogen (secondary N) is 1. The van der Waals surface area contributed by atoms with Crippen molar-refractivity contribution in [3.63, 3.8) is 0 Å². The zero-order chi connectivity index (χ0) is 53.2. The van der Waals surface area contributed by atoms with E-state index in [1.165, 1.54) is 161 Å². The van der Waals surface area contributed by atoms with Gasteiger partial charge in [-0.1, -0.05) is 224 Å². The molecule has 73 heavy (non-hydrogen) atoms. The van der Waals surface area contributed by atoms with Crippen molar-refractivity contribution in [3.05, 3.63) is 36.5 Å². The number of hydrogen-bond donors (Lipinski definition) is 9. The Labute approximate surface area is 442 Å².